The number of pyridine rings is 1. The van der Waals surface area contributed by atoms with Crippen LogP contribution in [0.2, 0.25) is 0 Å². The molecule has 0 aliphatic rings. The summed E-state index contributed by atoms with van der Waals surface area (Å²) in [4.78, 5) is 19.0. The maximum atomic E-state index is 14.0. The molecule has 0 amide bonds. The lowest BCUT2D eigenvalue weighted by Crippen LogP contribution is -1.91. The molecule has 5 heteroatoms. The molecule has 2 heterocycles. The van der Waals surface area contributed by atoms with Gasteiger partial charge in [0.05, 0.1) is 5.69 Å². The van der Waals surface area contributed by atoms with Crippen molar-refractivity contribution in [3.63, 3.8) is 0 Å². The van der Waals surface area contributed by atoms with E-state index in [1.165, 1.54) is 6.07 Å². The third kappa shape index (κ3) is 2.23. The van der Waals surface area contributed by atoms with Gasteiger partial charge in [-0.15, -0.1) is 0 Å². The van der Waals surface area contributed by atoms with E-state index in [-0.39, 0.29) is 11.3 Å². The maximum absolute atomic E-state index is 14.0. The number of nitrogens with zero attached hydrogens (tertiary/aromatic N) is 3. The lowest BCUT2D eigenvalue weighted by Gasteiger charge is -2.07. The Hall–Kier alpha value is -2.82. The molecular weight excluding hydrogens is 269 g/mol. The van der Waals surface area contributed by atoms with Gasteiger partial charge in [-0.25, -0.2) is 9.37 Å². The van der Waals surface area contributed by atoms with Crippen molar-refractivity contribution in [3.05, 3.63) is 53.7 Å². The second-order valence-electron chi connectivity index (χ2n) is 4.74. The SMILES string of the molecule is C=Nc1c(F)cc(-c2ccc3nc(C)cn3c2)cc1C=O. The fourth-order valence-electron chi connectivity index (χ4n) is 2.33. The lowest BCUT2D eigenvalue weighted by molar-refractivity contribution is 0.112. The average Bonchev–Trinajstić information content (AvgIpc) is 2.85. The summed E-state index contributed by atoms with van der Waals surface area (Å²) in [6.07, 6.45) is 4.31. The summed E-state index contributed by atoms with van der Waals surface area (Å²) in [7, 11) is 0. The Morgan fingerprint density at radius 2 is 2.10 bits per heavy atom. The number of hydrogen-bond acceptors (Lipinski definition) is 3. The fraction of sp³-hybridized carbons (Fsp3) is 0.0625. The van der Waals surface area contributed by atoms with Crippen LogP contribution in [-0.4, -0.2) is 22.4 Å². The number of aldehydes is 1. The monoisotopic (exact) mass is 281 g/mol. The van der Waals surface area contributed by atoms with Crippen molar-refractivity contribution < 1.29 is 9.18 Å². The molecule has 0 aliphatic carbocycles. The minimum Gasteiger partial charge on any atom is -0.306 e. The summed E-state index contributed by atoms with van der Waals surface area (Å²) in [6, 6.07) is 6.64. The molecule has 104 valence electrons. The number of carbonyl (C=O) groups excluding carboxylic acids is 1. The van der Waals surface area contributed by atoms with Gasteiger partial charge in [-0.3, -0.25) is 9.79 Å². The number of aliphatic imine (C=N–C) groups is 1. The molecule has 0 radical (unpaired) electrons. The number of halogens is 1. The first kappa shape index (κ1) is 13.2. The number of fused-ring (bicyclic) bond motifs is 1. The van der Waals surface area contributed by atoms with E-state index in [2.05, 4.69) is 16.7 Å². The summed E-state index contributed by atoms with van der Waals surface area (Å²) in [5.41, 5.74) is 3.28. The molecular formula is C16H12FN3O. The van der Waals surface area contributed by atoms with Gasteiger partial charge in [-0.1, -0.05) is 0 Å². The van der Waals surface area contributed by atoms with Crippen LogP contribution in [-0.2, 0) is 0 Å². The van der Waals surface area contributed by atoms with E-state index in [1.54, 1.807) is 6.07 Å². The van der Waals surface area contributed by atoms with Gasteiger partial charge in [0, 0.05) is 18.0 Å². The van der Waals surface area contributed by atoms with Crippen LogP contribution in [0, 0.1) is 12.7 Å². The highest BCUT2D eigenvalue weighted by Crippen LogP contribution is 2.29. The Balaban J connectivity index is 2.19. The second-order valence-corrected chi connectivity index (χ2v) is 4.74. The summed E-state index contributed by atoms with van der Waals surface area (Å²) >= 11 is 0. The first-order valence-corrected chi connectivity index (χ1v) is 6.33. The number of carbonyl (C=O) groups is 1. The van der Waals surface area contributed by atoms with Crippen LogP contribution >= 0.6 is 0 Å². The first-order chi connectivity index (χ1) is 10.1. The fourth-order valence-corrected chi connectivity index (χ4v) is 2.33. The van der Waals surface area contributed by atoms with Gasteiger partial charge in [-0.05, 0) is 49.0 Å². The molecule has 1 aromatic carbocycles. The first-order valence-electron chi connectivity index (χ1n) is 6.33. The molecule has 0 saturated carbocycles. The Morgan fingerprint density at radius 1 is 1.29 bits per heavy atom. The number of benzene rings is 1. The normalized spacial score (nSPS) is 10.8. The number of aryl methyl sites for hydroxylation is 1. The van der Waals surface area contributed by atoms with Crippen LogP contribution in [0.5, 0.6) is 0 Å². The van der Waals surface area contributed by atoms with E-state index in [1.807, 2.05) is 35.9 Å². The van der Waals surface area contributed by atoms with Gasteiger partial charge in [0.1, 0.15) is 17.2 Å². The molecule has 0 bridgehead atoms. The summed E-state index contributed by atoms with van der Waals surface area (Å²) in [5, 5.41) is 0. The van der Waals surface area contributed by atoms with Gasteiger partial charge in [0.2, 0.25) is 0 Å². The third-order valence-electron chi connectivity index (χ3n) is 3.28. The van der Waals surface area contributed by atoms with Gasteiger partial charge in [0.25, 0.3) is 0 Å². The maximum Gasteiger partial charge on any atom is 0.152 e. The molecule has 21 heavy (non-hydrogen) atoms. The van der Waals surface area contributed by atoms with Crippen LogP contribution in [0.1, 0.15) is 16.1 Å². The van der Waals surface area contributed by atoms with Crippen molar-refractivity contribution >= 4 is 24.3 Å². The summed E-state index contributed by atoms with van der Waals surface area (Å²) in [6.45, 7) is 5.19. The van der Waals surface area contributed by atoms with Gasteiger partial charge < -0.3 is 4.40 Å². The van der Waals surface area contributed by atoms with Crippen LogP contribution in [0.25, 0.3) is 16.8 Å². The number of aromatic nitrogens is 2. The largest absolute Gasteiger partial charge is 0.306 e. The predicted octanol–water partition coefficient (Wildman–Crippen LogP) is 3.59. The Morgan fingerprint density at radius 3 is 2.81 bits per heavy atom. The van der Waals surface area contributed by atoms with Crippen molar-refractivity contribution in [1.29, 1.82) is 0 Å². The minimum atomic E-state index is -0.563. The summed E-state index contributed by atoms with van der Waals surface area (Å²) < 4.78 is 15.9. The molecule has 0 spiro atoms. The van der Waals surface area contributed by atoms with Crippen molar-refractivity contribution in [2.45, 2.75) is 6.92 Å². The van der Waals surface area contributed by atoms with Crippen LogP contribution in [0.3, 0.4) is 0 Å². The zero-order chi connectivity index (χ0) is 15.0. The van der Waals surface area contributed by atoms with Crippen LogP contribution in [0.15, 0.2) is 41.7 Å². The Labute approximate surface area is 120 Å². The average molecular weight is 281 g/mol. The van der Waals surface area contributed by atoms with E-state index in [4.69, 9.17) is 0 Å². The number of imidazole rings is 1. The molecule has 0 fully saturated rings. The zero-order valence-electron chi connectivity index (χ0n) is 11.4. The molecule has 3 aromatic rings. The molecule has 0 N–H and O–H groups in total. The van der Waals surface area contributed by atoms with E-state index >= 15 is 0 Å². The second kappa shape index (κ2) is 4.94. The van der Waals surface area contributed by atoms with Crippen LogP contribution < -0.4 is 0 Å². The van der Waals surface area contributed by atoms with Crippen molar-refractivity contribution in [2.24, 2.45) is 4.99 Å². The number of rotatable bonds is 3. The highest BCUT2D eigenvalue weighted by atomic mass is 19.1. The zero-order valence-corrected chi connectivity index (χ0v) is 11.4. The summed E-state index contributed by atoms with van der Waals surface area (Å²) in [5.74, 6) is -0.563. The molecule has 0 saturated heterocycles. The van der Waals surface area contributed by atoms with Gasteiger partial charge in [0.15, 0.2) is 6.29 Å². The smallest absolute Gasteiger partial charge is 0.152 e. The molecule has 0 aliphatic heterocycles. The molecule has 0 atom stereocenters. The van der Waals surface area contributed by atoms with Crippen molar-refractivity contribution in [1.82, 2.24) is 9.38 Å². The Bertz CT molecular complexity index is 867. The van der Waals surface area contributed by atoms with Gasteiger partial charge >= 0.3 is 0 Å². The Kier molecular flexibility index (Phi) is 3.10. The van der Waals surface area contributed by atoms with E-state index in [0.717, 1.165) is 16.9 Å². The quantitative estimate of drug-likeness (QED) is 0.544. The standard InChI is InChI=1S/C16H12FN3O/c1-10-7-20-8-11(3-4-15(20)19-10)12-5-13(9-21)16(18-2)14(17)6-12/h3-9H,2H2,1H3. The predicted molar refractivity (Wildman–Crippen MR) is 79.9 cm³/mol. The lowest BCUT2D eigenvalue weighted by atomic mass is 10.0. The number of hydrogen-bond donors (Lipinski definition) is 0. The minimum absolute atomic E-state index is 0.0201. The molecule has 3 rings (SSSR count). The molecule has 4 nitrogen and oxygen atoms in total. The highest BCUT2D eigenvalue weighted by molar-refractivity contribution is 5.87. The third-order valence-corrected chi connectivity index (χ3v) is 3.28. The highest BCUT2D eigenvalue weighted by Gasteiger charge is 2.11. The van der Waals surface area contributed by atoms with Crippen molar-refractivity contribution in [3.8, 4) is 11.1 Å². The van der Waals surface area contributed by atoms with Gasteiger partial charge in [-0.2, -0.15) is 0 Å². The van der Waals surface area contributed by atoms with Crippen LogP contribution in [0.4, 0.5) is 10.1 Å². The molecule has 0 unspecified atom stereocenters. The molecule has 2 aromatic heterocycles. The van der Waals surface area contributed by atoms with E-state index < -0.39 is 5.82 Å². The van der Waals surface area contributed by atoms with E-state index in [0.29, 0.717) is 11.8 Å². The topological polar surface area (TPSA) is 46.7 Å². The van der Waals surface area contributed by atoms with Crippen molar-refractivity contribution in [2.75, 3.05) is 0 Å². The van der Waals surface area contributed by atoms with E-state index in [9.17, 15) is 9.18 Å².